The number of nitrogens with zero attached hydrogens (tertiary/aromatic N) is 2. The van der Waals surface area contributed by atoms with Crippen molar-refractivity contribution < 1.29 is 9.47 Å². The average molecular weight is 392 g/mol. The summed E-state index contributed by atoms with van der Waals surface area (Å²) in [6.45, 7) is 5.69. The Morgan fingerprint density at radius 3 is 2.86 bits per heavy atom. The number of methoxy groups -OCH3 is 1. The third-order valence-corrected chi connectivity index (χ3v) is 4.82. The molecule has 2 N–H and O–H groups in total. The fourth-order valence-corrected chi connectivity index (χ4v) is 3.49. The highest BCUT2D eigenvalue weighted by Gasteiger charge is 2.18. The van der Waals surface area contributed by atoms with E-state index >= 15 is 0 Å². The van der Waals surface area contributed by atoms with Gasteiger partial charge in [0.1, 0.15) is 22.9 Å². The first-order valence-electron chi connectivity index (χ1n) is 9.63. The molecule has 0 fully saturated rings. The van der Waals surface area contributed by atoms with Gasteiger partial charge in [-0.1, -0.05) is 6.07 Å². The van der Waals surface area contributed by atoms with Gasteiger partial charge >= 0.3 is 0 Å². The van der Waals surface area contributed by atoms with Gasteiger partial charge in [-0.25, -0.2) is 4.98 Å². The standard InChI is InChI=1S/C22H24N4O3/c1-4-29-16-8-9-18-15(12-16)13-17(22(27)24-18)20-21(23-10-11-28-3)26-14(2)6-5-7-19(26)25-20/h5-9,12-13,23H,4,10-11H2,1-3H3,(H,24,27). The largest absolute Gasteiger partial charge is 0.494 e. The molecule has 0 unspecified atom stereocenters. The minimum Gasteiger partial charge on any atom is -0.494 e. The van der Waals surface area contributed by atoms with Gasteiger partial charge in [-0.2, -0.15) is 0 Å². The molecule has 0 aliphatic rings. The monoisotopic (exact) mass is 392 g/mol. The van der Waals surface area contributed by atoms with Gasteiger partial charge in [-0.15, -0.1) is 0 Å². The van der Waals surface area contributed by atoms with Gasteiger partial charge < -0.3 is 19.8 Å². The van der Waals surface area contributed by atoms with Crippen LogP contribution in [-0.2, 0) is 4.74 Å². The van der Waals surface area contributed by atoms with Crippen LogP contribution in [0.3, 0.4) is 0 Å². The van der Waals surface area contributed by atoms with Crippen molar-refractivity contribution >= 4 is 22.4 Å². The van der Waals surface area contributed by atoms with E-state index in [1.54, 1.807) is 7.11 Å². The molecule has 0 saturated heterocycles. The van der Waals surface area contributed by atoms with E-state index in [0.717, 1.165) is 33.8 Å². The van der Waals surface area contributed by atoms with Crippen molar-refractivity contribution in [1.29, 1.82) is 0 Å². The van der Waals surface area contributed by atoms with E-state index < -0.39 is 0 Å². The van der Waals surface area contributed by atoms with Crippen molar-refractivity contribution in [3.63, 3.8) is 0 Å². The second-order valence-electron chi connectivity index (χ2n) is 6.78. The van der Waals surface area contributed by atoms with Crippen molar-refractivity contribution in [2.75, 3.05) is 32.2 Å². The zero-order chi connectivity index (χ0) is 20.4. The normalized spacial score (nSPS) is 11.3. The van der Waals surface area contributed by atoms with Crippen LogP contribution in [0.25, 0.3) is 27.8 Å². The SMILES string of the molecule is CCOc1ccc2[nH]c(=O)c(-c3nc4cccc(C)n4c3NCCOC)cc2c1. The van der Waals surface area contributed by atoms with Crippen molar-refractivity contribution in [3.05, 3.63) is 58.5 Å². The molecular weight excluding hydrogens is 368 g/mol. The molecule has 150 valence electrons. The molecule has 7 heteroatoms. The number of aromatic nitrogens is 3. The van der Waals surface area contributed by atoms with Gasteiger partial charge in [0.2, 0.25) is 0 Å². The van der Waals surface area contributed by atoms with Crippen molar-refractivity contribution in [1.82, 2.24) is 14.4 Å². The fraction of sp³-hybridized carbons (Fsp3) is 0.273. The van der Waals surface area contributed by atoms with Crippen LogP contribution in [0.4, 0.5) is 5.82 Å². The van der Waals surface area contributed by atoms with Gasteiger partial charge in [0.25, 0.3) is 5.56 Å². The molecular formula is C22H24N4O3. The zero-order valence-electron chi connectivity index (χ0n) is 16.8. The molecule has 3 aromatic heterocycles. The maximum absolute atomic E-state index is 12.9. The molecule has 0 radical (unpaired) electrons. The third-order valence-electron chi connectivity index (χ3n) is 4.82. The quantitative estimate of drug-likeness (QED) is 0.470. The fourth-order valence-electron chi connectivity index (χ4n) is 3.49. The Kier molecular flexibility index (Phi) is 5.22. The molecule has 0 amide bonds. The van der Waals surface area contributed by atoms with Crippen LogP contribution in [0, 0.1) is 6.92 Å². The number of nitrogens with one attached hydrogen (secondary N) is 2. The summed E-state index contributed by atoms with van der Waals surface area (Å²) < 4.78 is 12.8. The van der Waals surface area contributed by atoms with Crippen molar-refractivity contribution in [2.24, 2.45) is 0 Å². The van der Waals surface area contributed by atoms with Crippen LogP contribution in [0.2, 0.25) is 0 Å². The molecule has 0 spiro atoms. The molecule has 4 aromatic rings. The number of pyridine rings is 2. The van der Waals surface area contributed by atoms with E-state index in [2.05, 4.69) is 10.3 Å². The number of rotatable bonds is 7. The first kappa shape index (κ1) is 19.0. The number of aromatic amines is 1. The highest BCUT2D eigenvalue weighted by atomic mass is 16.5. The lowest BCUT2D eigenvalue weighted by molar-refractivity contribution is 0.210. The van der Waals surface area contributed by atoms with Crippen LogP contribution >= 0.6 is 0 Å². The first-order valence-corrected chi connectivity index (χ1v) is 9.63. The summed E-state index contributed by atoms with van der Waals surface area (Å²) in [5, 5.41) is 4.27. The molecule has 0 bridgehead atoms. The van der Waals surface area contributed by atoms with E-state index in [0.29, 0.717) is 31.0 Å². The molecule has 29 heavy (non-hydrogen) atoms. The minimum atomic E-state index is -0.183. The maximum atomic E-state index is 12.9. The number of aryl methyl sites for hydroxylation is 1. The maximum Gasteiger partial charge on any atom is 0.258 e. The first-order chi connectivity index (χ1) is 14.1. The molecule has 4 rings (SSSR count). The van der Waals surface area contributed by atoms with E-state index in [1.807, 2.05) is 60.7 Å². The van der Waals surface area contributed by atoms with Crippen LogP contribution in [0.15, 0.2) is 47.3 Å². The van der Waals surface area contributed by atoms with Crippen molar-refractivity contribution in [3.8, 4) is 17.0 Å². The van der Waals surface area contributed by atoms with E-state index in [-0.39, 0.29) is 5.56 Å². The third kappa shape index (κ3) is 3.56. The lowest BCUT2D eigenvalue weighted by atomic mass is 10.1. The molecule has 7 nitrogen and oxygen atoms in total. The number of imidazole rings is 1. The summed E-state index contributed by atoms with van der Waals surface area (Å²) in [6.07, 6.45) is 0. The van der Waals surface area contributed by atoms with Crippen LogP contribution in [0.1, 0.15) is 12.6 Å². The molecule has 1 aromatic carbocycles. The topological polar surface area (TPSA) is 80.7 Å². The minimum absolute atomic E-state index is 0.183. The zero-order valence-corrected chi connectivity index (χ0v) is 16.8. The number of benzene rings is 1. The summed E-state index contributed by atoms with van der Waals surface area (Å²) >= 11 is 0. The number of hydrogen-bond donors (Lipinski definition) is 2. The Bertz CT molecular complexity index is 1230. The average Bonchev–Trinajstić information content (AvgIpc) is 3.08. The summed E-state index contributed by atoms with van der Waals surface area (Å²) in [6, 6.07) is 13.4. The van der Waals surface area contributed by atoms with Gasteiger partial charge in [-0.3, -0.25) is 9.20 Å². The number of ether oxygens (including phenoxy) is 2. The van der Waals surface area contributed by atoms with E-state index in [4.69, 9.17) is 14.5 Å². The number of anilines is 1. The second-order valence-corrected chi connectivity index (χ2v) is 6.78. The summed E-state index contributed by atoms with van der Waals surface area (Å²) in [7, 11) is 1.66. The Morgan fingerprint density at radius 1 is 1.21 bits per heavy atom. The lowest BCUT2D eigenvalue weighted by Crippen LogP contribution is -2.13. The predicted octanol–water partition coefficient (Wildman–Crippen LogP) is 3.61. The Hall–Kier alpha value is -3.32. The number of fused-ring (bicyclic) bond motifs is 2. The number of H-pyrrole nitrogens is 1. The van der Waals surface area contributed by atoms with Crippen molar-refractivity contribution in [2.45, 2.75) is 13.8 Å². The highest BCUT2D eigenvalue weighted by Crippen LogP contribution is 2.30. The van der Waals surface area contributed by atoms with Crippen LogP contribution in [0.5, 0.6) is 5.75 Å². The number of hydrogen-bond acceptors (Lipinski definition) is 5. The molecule has 0 saturated carbocycles. The summed E-state index contributed by atoms with van der Waals surface area (Å²) in [5.41, 5.74) is 3.50. The Balaban J connectivity index is 1.91. The van der Waals surface area contributed by atoms with E-state index in [1.165, 1.54) is 0 Å². The summed E-state index contributed by atoms with van der Waals surface area (Å²) in [4.78, 5) is 20.6. The van der Waals surface area contributed by atoms with Gasteiger partial charge in [-0.05, 0) is 50.2 Å². The smallest absolute Gasteiger partial charge is 0.258 e. The highest BCUT2D eigenvalue weighted by molar-refractivity contribution is 5.87. The Morgan fingerprint density at radius 2 is 2.07 bits per heavy atom. The predicted molar refractivity (Wildman–Crippen MR) is 115 cm³/mol. The molecule has 0 aliphatic heterocycles. The Labute approximate surface area is 168 Å². The van der Waals surface area contributed by atoms with E-state index in [9.17, 15) is 4.79 Å². The second kappa shape index (κ2) is 7.97. The molecule has 0 aliphatic carbocycles. The molecule has 0 atom stereocenters. The molecule has 3 heterocycles. The van der Waals surface area contributed by atoms with Crippen LogP contribution < -0.4 is 15.6 Å². The van der Waals surface area contributed by atoms with Crippen LogP contribution in [-0.4, -0.2) is 41.2 Å². The summed E-state index contributed by atoms with van der Waals surface area (Å²) in [5.74, 6) is 1.54. The lowest BCUT2D eigenvalue weighted by Gasteiger charge is -2.10. The van der Waals surface area contributed by atoms with Gasteiger partial charge in [0, 0.05) is 30.3 Å². The van der Waals surface area contributed by atoms with Gasteiger partial charge in [0.05, 0.1) is 18.8 Å². The van der Waals surface area contributed by atoms with Gasteiger partial charge in [0.15, 0.2) is 0 Å².